The van der Waals surface area contributed by atoms with Gasteiger partial charge in [0, 0.05) is 18.8 Å². The van der Waals surface area contributed by atoms with Gasteiger partial charge in [0.25, 0.3) is 0 Å². The number of carbonyl (C=O) groups is 1. The first-order valence-electron chi connectivity index (χ1n) is 6.35. The highest BCUT2D eigenvalue weighted by Crippen LogP contribution is 2.10. The molecule has 1 aromatic rings. The summed E-state index contributed by atoms with van der Waals surface area (Å²) in [5.41, 5.74) is 1.27. The third-order valence-electron chi connectivity index (χ3n) is 3.38. The lowest BCUT2D eigenvalue weighted by atomic mass is 10.0. The summed E-state index contributed by atoms with van der Waals surface area (Å²) in [6.45, 7) is 7.10. The van der Waals surface area contributed by atoms with Crippen molar-refractivity contribution in [2.24, 2.45) is 5.92 Å². The zero-order chi connectivity index (χ0) is 13.5. The van der Waals surface area contributed by atoms with Crippen LogP contribution in [0, 0.1) is 5.92 Å². The molecule has 0 radical (unpaired) electrons. The van der Waals surface area contributed by atoms with Crippen molar-refractivity contribution in [3.8, 4) is 0 Å². The summed E-state index contributed by atoms with van der Waals surface area (Å²) in [5.74, 6) is 0.256. The first kappa shape index (κ1) is 14.6. The van der Waals surface area contributed by atoms with Gasteiger partial charge in [0.1, 0.15) is 0 Å². The molecule has 0 saturated heterocycles. The van der Waals surface area contributed by atoms with E-state index in [4.69, 9.17) is 4.74 Å². The van der Waals surface area contributed by atoms with E-state index in [0.717, 1.165) is 12.1 Å². The minimum atomic E-state index is -0.337. The number of hydrogen-bond donors (Lipinski definition) is 1. The molecule has 0 aliphatic carbocycles. The van der Waals surface area contributed by atoms with Crippen molar-refractivity contribution in [3.63, 3.8) is 0 Å². The lowest BCUT2D eigenvalue weighted by molar-refractivity contribution is 0.0598. The average Bonchev–Trinajstić information content (AvgIpc) is 2.43. The van der Waals surface area contributed by atoms with Crippen LogP contribution in [0.4, 0.5) is 0 Å². The topological polar surface area (TPSA) is 51.2 Å². The molecule has 2 unspecified atom stereocenters. The molecule has 100 valence electrons. The van der Waals surface area contributed by atoms with E-state index in [1.54, 1.807) is 18.3 Å². The molecule has 0 saturated carbocycles. The van der Waals surface area contributed by atoms with E-state index in [0.29, 0.717) is 24.1 Å². The fraction of sp³-hybridized carbons (Fsp3) is 0.571. The fourth-order valence-electron chi connectivity index (χ4n) is 1.69. The van der Waals surface area contributed by atoms with Crippen LogP contribution in [0.15, 0.2) is 18.3 Å². The Morgan fingerprint density at radius 2 is 2.22 bits per heavy atom. The van der Waals surface area contributed by atoms with E-state index in [-0.39, 0.29) is 5.97 Å². The quantitative estimate of drug-likeness (QED) is 0.788. The highest BCUT2D eigenvalue weighted by Gasteiger charge is 2.14. The second-order valence-corrected chi connectivity index (χ2v) is 4.54. The molecule has 1 N–H and O–H groups in total. The van der Waals surface area contributed by atoms with Crippen molar-refractivity contribution in [1.29, 1.82) is 0 Å². The molecule has 0 amide bonds. The molecule has 18 heavy (non-hydrogen) atoms. The summed E-state index contributed by atoms with van der Waals surface area (Å²) in [7, 11) is 1.38. The molecule has 0 aromatic carbocycles. The molecule has 1 aromatic heterocycles. The van der Waals surface area contributed by atoms with E-state index in [9.17, 15) is 4.79 Å². The van der Waals surface area contributed by atoms with Crippen LogP contribution in [0.3, 0.4) is 0 Å². The van der Waals surface area contributed by atoms with Crippen LogP contribution in [0.25, 0.3) is 0 Å². The molecule has 0 bridgehead atoms. The van der Waals surface area contributed by atoms with Gasteiger partial charge in [0.2, 0.25) is 0 Å². The second kappa shape index (κ2) is 7.11. The molecule has 0 aliphatic heterocycles. The van der Waals surface area contributed by atoms with Crippen LogP contribution < -0.4 is 5.32 Å². The van der Waals surface area contributed by atoms with Crippen LogP contribution in [-0.4, -0.2) is 24.1 Å². The number of methoxy groups -OCH3 is 1. The van der Waals surface area contributed by atoms with Crippen molar-refractivity contribution in [1.82, 2.24) is 10.3 Å². The Kier molecular flexibility index (Phi) is 5.78. The van der Waals surface area contributed by atoms with Gasteiger partial charge in [-0.15, -0.1) is 0 Å². The average molecular weight is 250 g/mol. The highest BCUT2D eigenvalue weighted by molar-refractivity contribution is 5.90. The normalized spacial score (nSPS) is 14.0. The number of carbonyl (C=O) groups excluding carboxylic acids is 1. The number of ether oxygens (including phenoxy) is 1. The monoisotopic (exact) mass is 250 g/mol. The zero-order valence-electron chi connectivity index (χ0n) is 11.6. The Labute approximate surface area is 109 Å². The highest BCUT2D eigenvalue weighted by atomic mass is 16.5. The Morgan fingerprint density at radius 1 is 1.50 bits per heavy atom. The van der Waals surface area contributed by atoms with Crippen molar-refractivity contribution in [2.75, 3.05) is 7.11 Å². The standard InChI is InChI=1S/C14H22N2O2/c1-5-10(2)11(3)16-9-13-12(14(17)18-4)7-6-8-15-13/h6-8,10-11,16H,5,9H2,1-4H3. The van der Waals surface area contributed by atoms with E-state index >= 15 is 0 Å². The van der Waals surface area contributed by atoms with Crippen LogP contribution in [0.5, 0.6) is 0 Å². The molecule has 4 heteroatoms. The maximum atomic E-state index is 11.6. The van der Waals surface area contributed by atoms with Crippen molar-refractivity contribution in [3.05, 3.63) is 29.6 Å². The number of hydrogen-bond acceptors (Lipinski definition) is 4. The van der Waals surface area contributed by atoms with Gasteiger partial charge in [0.05, 0.1) is 18.4 Å². The van der Waals surface area contributed by atoms with Crippen LogP contribution in [0.2, 0.25) is 0 Å². The summed E-state index contributed by atoms with van der Waals surface area (Å²) >= 11 is 0. The number of nitrogens with zero attached hydrogens (tertiary/aromatic N) is 1. The lowest BCUT2D eigenvalue weighted by Gasteiger charge is -2.20. The van der Waals surface area contributed by atoms with Crippen molar-refractivity contribution >= 4 is 5.97 Å². The Bertz CT molecular complexity index is 393. The Morgan fingerprint density at radius 3 is 2.83 bits per heavy atom. The van der Waals surface area contributed by atoms with Gasteiger partial charge < -0.3 is 10.1 Å². The number of pyridine rings is 1. The van der Waals surface area contributed by atoms with E-state index < -0.39 is 0 Å². The van der Waals surface area contributed by atoms with E-state index in [1.807, 2.05) is 0 Å². The SMILES string of the molecule is CCC(C)C(C)NCc1ncccc1C(=O)OC. The summed E-state index contributed by atoms with van der Waals surface area (Å²) in [6.07, 6.45) is 2.82. The van der Waals surface area contributed by atoms with Crippen LogP contribution in [-0.2, 0) is 11.3 Å². The number of aromatic nitrogens is 1. The van der Waals surface area contributed by atoms with Gasteiger partial charge >= 0.3 is 5.97 Å². The number of nitrogens with one attached hydrogen (secondary N) is 1. The predicted molar refractivity (Wildman–Crippen MR) is 71.3 cm³/mol. The number of rotatable bonds is 6. The molecule has 0 fully saturated rings. The van der Waals surface area contributed by atoms with Crippen LogP contribution >= 0.6 is 0 Å². The van der Waals surface area contributed by atoms with Gasteiger partial charge in [0.15, 0.2) is 0 Å². The Balaban J connectivity index is 2.70. The second-order valence-electron chi connectivity index (χ2n) is 4.54. The first-order valence-corrected chi connectivity index (χ1v) is 6.35. The summed E-state index contributed by atoms with van der Waals surface area (Å²) in [4.78, 5) is 15.8. The molecular weight excluding hydrogens is 228 g/mol. The van der Waals surface area contributed by atoms with Gasteiger partial charge in [-0.25, -0.2) is 4.79 Å². The molecular formula is C14H22N2O2. The van der Waals surface area contributed by atoms with E-state index in [2.05, 4.69) is 31.1 Å². The first-order chi connectivity index (χ1) is 8.60. The summed E-state index contributed by atoms with van der Waals surface area (Å²) in [6, 6.07) is 3.87. The summed E-state index contributed by atoms with van der Waals surface area (Å²) in [5, 5.41) is 3.40. The maximum absolute atomic E-state index is 11.6. The van der Waals surface area contributed by atoms with Crippen molar-refractivity contribution in [2.45, 2.75) is 39.8 Å². The molecule has 0 aliphatic rings. The lowest BCUT2D eigenvalue weighted by Crippen LogP contribution is -2.32. The van der Waals surface area contributed by atoms with Gasteiger partial charge in [-0.2, -0.15) is 0 Å². The molecule has 4 nitrogen and oxygen atoms in total. The maximum Gasteiger partial charge on any atom is 0.339 e. The molecule has 1 heterocycles. The van der Waals surface area contributed by atoms with Crippen LogP contribution in [0.1, 0.15) is 43.2 Å². The third kappa shape index (κ3) is 3.81. The molecule has 1 rings (SSSR count). The predicted octanol–water partition coefficient (Wildman–Crippen LogP) is 2.39. The van der Waals surface area contributed by atoms with Crippen molar-refractivity contribution < 1.29 is 9.53 Å². The molecule has 0 spiro atoms. The van der Waals surface area contributed by atoms with Gasteiger partial charge in [-0.1, -0.05) is 20.3 Å². The Hall–Kier alpha value is -1.42. The largest absolute Gasteiger partial charge is 0.465 e. The smallest absolute Gasteiger partial charge is 0.339 e. The third-order valence-corrected chi connectivity index (χ3v) is 3.38. The number of esters is 1. The minimum Gasteiger partial charge on any atom is -0.465 e. The van der Waals surface area contributed by atoms with Gasteiger partial charge in [-0.3, -0.25) is 4.98 Å². The van der Waals surface area contributed by atoms with Gasteiger partial charge in [-0.05, 0) is 25.0 Å². The van der Waals surface area contributed by atoms with E-state index in [1.165, 1.54) is 7.11 Å². The zero-order valence-corrected chi connectivity index (χ0v) is 11.6. The molecule has 2 atom stereocenters. The minimum absolute atomic E-state index is 0.337. The summed E-state index contributed by atoms with van der Waals surface area (Å²) < 4.78 is 4.75. The fourth-order valence-corrected chi connectivity index (χ4v) is 1.69.